The quantitative estimate of drug-likeness (QED) is 0.734. The maximum atomic E-state index is 12.1. The van der Waals surface area contributed by atoms with Crippen molar-refractivity contribution < 1.29 is 9.53 Å². The molecule has 2 atom stereocenters. The SMILES string of the molecule is COC(=O)C(C)(CCCN1CCCC(C)CC1)NC(C)C. The van der Waals surface area contributed by atoms with Crippen molar-refractivity contribution in [3.05, 3.63) is 0 Å². The Labute approximate surface area is 130 Å². The number of ether oxygens (including phenoxy) is 1. The minimum atomic E-state index is -0.567. The molecule has 0 saturated carbocycles. The van der Waals surface area contributed by atoms with E-state index in [0.29, 0.717) is 0 Å². The number of methoxy groups -OCH3 is 1. The van der Waals surface area contributed by atoms with Crippen molar-refractivity contribution in [2.24, 2.45) is 5.92 Å². The molecule has 0 radical (unpaired) electrons. The van der Waals surface area contributed by atoms with Gasteiger partial charge < -0.3 is 9.64 Å². The Bertz CT molecular complexity index is 320. The fourth-order valence-corrected chi connectivity index (χ4v) is 3.30. The minimum absolute atomic E-state index is 0.152. The Hall–Kier alpha value is -0.610. The molecule has 2 unspecified atom stereocenters. The minimum Gasteiger partial charge on any atom is -0.468 e. The zero-order valence-electron chi connectivity index (χ0n) is 14.6. The van der Waals surface area contributed by atoms with Crippen LogP contribution in [0, 0.1) is 5.92 Å². The fourth-order valence-electron chi connectivity index (χ4n) is 3.30. The molecule has 1 rings (SSSR count). The van der Waals surface area contributed by atoms with Crippen LogP contribution in [-0.4, -0.2) is 49.2 Å². The van der Waals surface area contributed by atoms with Gasteiger partial charge in [-0.25, -0.2) is 0 Å². The predicted molar refractivity (Wildman–Crippen MR) is 87.4 cm³/mol. The van der Waals surface area contributed by atoms with Crippen LogP contribution in [0.25, 0.3) is 0 Å². The topological polar surface area (TPSA) is 41.6 Å². The van der Waals surface area contributed by atoms with Gasteiger partial charge in [0, 0.05) is 6.04 Å². The molecule has 1 fully saturated rings. The monoisotopic (exact) mass is 298 g/mol. The highest BCUT2D eigenvalue weighted by atomic mass is 16.5. The summed E-state index contributed by atoms with van der Waals surface area (Å²) < 4.78 is 4.98. The molecule has 0 aromatic heterocycles. The van der Waals surface area contributed by atoms with Gasteiger partial charge in [-0.3, -0.25) is 10.1 Å². The summed E-state index contributed by atoms with van der Waals surface area (Å²) in [5.74, 6) is 0.707. The van der Waals surface area contributed by atoms with Crippen LogP contribution in [0.1, 0.15) is 59.8 Å². The van der Waals surface area contributed by atoms with E-state index in [4.69, 9.17) is 4.74 Å². The Morgan fingerprint density at radius 2 is 2.10 bits per heavy atom. The van der Waals surface area contributed by atoms with Crippen molar-refractivity contribution in [3.8, 4) is 0 Å². The molecule has 0 aromatic carbocycles. The third kappa shape index (κ3) is 6.35. The van der Waals surface area contributed by atoms with Gasteiger partial charge in [0.1, 0.15) is 5.54 Å². The van der Waals surface area contributed by atoms with Gasteiger partial charge in [0.2, 0.25) is 0 Å². The number of nitrogens with one attached hydrogen (secondary N) is 1. The number of nitrogens with zero attached hydrogens (tertiary/aromatic N) is 1. The summed E-state index contributed by atoms with van der Waals surface area (Å²) in [5.41, 5.74) is -0.567. The van der Waals surface area contributed by atoms with Crippen molar-refractivity contribution in [3.63, 3.8) is 0 Å². The van der Waals surface area contributed by atoms with Gasteiger partial charge in [0.15, 0.2) is 0 Å². The largest absolute Gasteiger partial charge is 0.468 e. The normalized spacial score (nSPS) is 23.6. The second-order valence-electron chi connectivity index (χ2n) is 7.10. The maximum absolute atomic E-state index is 12.1. The number of rotatable bonds is 7. The average molecular weight is 298 g/mol. The molecule has 0 aromatic rings. The van der Waals surface area contributed by atoms with Gasteiger partial charge in [-0.05, 0) is 78.4 Å². The van der Waals surface area contributed by atoms with Crippen molar-refractivity contribution in [2.45, 2.75) is 71.4 Å². The van der Waals surface area contributed by atoms with Gasteiger partial charge in [0.25, 0.3) is 0 Å². The average Bonchev–Trinajstić information content (AvgIpc) is 2.62. The van der Waals surface area contributed by atoms with Gasteiger partial charge in [0.05, 0.1) is 7.11 Å². The lowest BCUT2D eigenvalue weighted by molar-refractivity contribution is -0.148. The first-order valence-electron chi connectivity index (χ1n) is 8.46. The maximum Gasteiger partial charge on any atom is 0.325 e. The van der Waals surface area contributed by atoms with Crippen molar-refractivity contribution >= 4 is 5.97 Å². The first-order chi connectivity index (χ1) is 9.87. The zero-order chi connectivity index (χ0) is 15.9. The third-order valence-corrected chi connectivity index (χ3v) is 4.50. The van der Waals surface area contributed by atoms with Crippen LogP contribution in [0.5, 0.6) is 0 Å². The van der Waals surface area contributed by atoms with Crippen molar-refractivity contribution in [1.82, 2.24) is 10.2 Å². The highest BCUT2D eigenvalue weighted by molar-refractivity contribution is 5.80. The Balaban J connectivity index is 2.44. The van der Waals surface area contributed by atoms with Crippen molar-refractivity contribution in [2.75, 3.05) is 26.7 Å². The second kappa shape index (κ2) is 8.74. The molecular weight excluding hydrogens is 264 g/mol. The number of likely N-dealkylation sites (tertiary alicyclic amines) is 1. The van der Waals surface area contributed by atoms with Crippen LogP contribution in [0.15, 0.2) is 0 Å². The molecule has 1 N–H and O–H groups in total. The van der Waals surface area contributed by atoms with Gasteiger partial charge in [-0.15, -0.1) is 0 Å². The molecule has 0 aliphatic carbocycles. The van der Waals surface area contributed by atoms with Crippen LogP contribution in [0.3, 0.4) is 0 Å². The smallest absolute Gasteiger partial charge is 0.325 e. The van der Waals surface area contributed by atoms with E-state index in [1.165, 1.54) is 39.5 Å². The van der Waals surface area contributed by atoms with Gasteiger partial charge in [-0.1, -0.05) is 6.92 Å². The summed E-state index contributed by atoms with van der Waals surface area (Å²) in [4.78, 5) is 14.6. The summed E-state index contributed by atoms with van der Waals surface area (Å²) >= 11 is 0. The first-order valence-corrected chi connectivity index (χ1v) is 8.46. The number of carbonyl (C=O) groups excluding carboxylic acids is 1. The molecule has 0 amide bonds. The molecule has 0 bridgehead atoms. The molecule has 1 aliphatic heterocycles. The molecule has 0 spiro atoms. The lowest BCUT2D eigenvalue weighted by Crippen LogP contribution is -2.53. The van der Waals surface area contributed by atoms with E-state index < -0.39 is 5.54 Å². The Kier molecular flexibility index (Phi) is 7.67. The summed E-state index contributed by atoms with van der Waals surface area (Å²) in [6.07, 6.45) is 5.81. The molecular formula is C17H34N2O2. The van der Waals surface area contributed by atoms with E-state index >= 15 is 0 Å². The van der Waals surface area contributed by atoms with Gasteiger partial charge >= 0.3 is 5.97 Å². The van der Waals surface area contributed by atoms with Crippen LogP contribution in [0.2, 0.25) is 0 Å². The standard InChI is InChI=1S/C17H34N2O2/c1-14(2)18-17(4,16(20)21-5)10-7-12-19-11-6-8-15(3)9-13-19/h14-15,18H,6-13H2,1-5H3. The summed E-state index contributed by atoms with van der Waals surface area (Å²) in [6, 6.07) is 0.271. The highest BCUT2D eigenvalue weighted by Gasteiger charge is 2.34. The third-order valence-electron chi connectivity index (χ3n) is 4.50. The molecule has 1 aliphatic rings. The number of hydrogen-bond acceptors (Lipinski definition) is 4. The first kappa shape index (κ1) is 18.4. The van der Waals surface area contributed by atoms with E-state index in [9.17, 15) is 4.79 Å². The van der Waals surface area contributed by atoms with E-state index in [0.717, 1.165) is 25.3 Å². The highest BCUT2D eigenvalue weighted by Crippen LogP contribution is 2.19. The van der Waals surface area contributed by atoms with E-state index in [1.54, 1.807) is 0 Å². The second-order valence-corrected chi connectivity index (χ2v) is 7.10. The molecule has 1 heterocycles. The molecule has 4 heteroatoms. The predicted octanol–water partition coefficient (Wildman–Crippen LogP) is 2.82. The molecule has 124 valence electrons. The Morgan fingerprint density at radius 1 is 1.38 bits per heavy atom. The lowest BCUT2D eigenvalue weighted by atomic mass is 9.94. The number of esters is 1. The van der Waals surface area contributed by atoms with E-state index in [1.807, 2.05) is 6.92 Å². The Morgan fingerprint density at radius 3 is 2.71 bits per heavy atom. The molecule has 1 saturated heterocycles. The lowest BCUT2D eigenvalue weighted by Gasteiger charge is -2.31. The van der Waals surface area contributed by atoms with Crippen molar-refractivity contribution in [1.29, 1.82) is 0 Å². The number of hydrogen-bond donors (Lipinski definition) is 1. The van der Waals surface area contributed by atoms with Crippen LogP contribution >= 0.6 is 0 Å². The summed E-state index contributed by atoms with van der Waals surface area (Å²) in [6.45, 7) is 11.9. The fraction of sp³-hybridized carbons (Fsp3) is 0.941. The molecule has 21 heavy (non-hydrogen) atoms. The van der Waals surface area contributed by atoms with Crippen LogP contribution < -0.4 is 5.32 Å². The van der Waals surface area contributed by atoms with Crippen LogP contribution in [0.4, 0.5) is 0 Å². The molecule has 4 nitrogen and oxygen atoms in total. The summed E-state index contributed by atoms with van der Waals surface area (Å²) in [5, 5.41) is 3.37. The van der Waals surface area contributed by atoms with E-state index in [-0.39, 0.29) is 12.0 Å². The van der Waals surface area contributed by atoms with Gasteiger partial charge in [-0.2, -0.15) is 0 Å². The van der Waals surface area contributed by atoms with Crippen LogP contribution in [-0.2, 0) is 9.53 Å². The van der Waals surface area contributed by atoms with E-state index in [2.05, 4.69) is 31.0 Å². The summed E-state index contributed by atoms with van der Waals surface area (Å²) in [7, 11) is 1.47. The zero-order valence-corrected chi connectivity index (χ0v) is 14.6. The number of carbonyl (C=O) groups is 1.